The summed E-state index contributed by atoms with van der Waals surface area (Å²) < 4.78 is 7.09. The van der Waals surface area contributed by atoms with E-state index < -0.39 is 0 Å². The number of carbonyl (C=O) groups excluding carboxylic acids is 1. The molecule has 0 radical (unpaired) electrons. The fourth-order valence-corrected chi connectivity index (χ4v) is 5.26. The monoisotopic (exact) mass is 493 g/mol. The predicted molar refractivity (Wildman–Crippen MR) is 141 cm³/mol. The molecule has 4 nitrogen and oxygen atoms in total. The van der Waals surface area contributed by atoms with Crippen LogP contribution in [-0.4, -0.2) is 24.0 Å². The number of phenolic OH excluding ortho intramolecular Hbond substituents is 1. The van der Waals surface area contributed by atoms with Gasteiger partial charge in [-0.3, -0.25) is 4.79 Å². The lowest BCUT2D eigenvalue weighted by molar-refractivity contribution is 0.104. The molecule has 0 amide bonds. The van der Waals surface area contributed by atoms with Crippen molar-refractivity contribution >= 4 is 38.8 Å². The minimum absolute atomic E-state index is 0.123. The Kier molecular flexibility index (Phi) is 7.88. The number of nitrogens with one attached hydrogen (secondary N) is 1. The summed E-state index contributed by atoms with van der Waals surface area (Å²) in [6, 6.07) is 18.4. The number of hydrogen-bond donors (Lipinski definition) is 2. The van der Waals surface area contributed by atoms with Gasteiger partial charge in [0.05, 0.1) is 0 Å². The number of benzene rings is 3. The van der Waals surface area contributed by atoms with E-state index in [1.165, 1.54) is 16.9 Å². The van der Waals surface area contributed by atoms with Crippen molar-refractivity contribution in [2.24, 2.45) is 0 Å². The first-order valence-corrected chi connectivity index (χ1v) is 12.7. The van der Waals surface area contributed by atoms with E-state index in [9.17, 15) is 9.90 Å². The normalized spacial score (nSPS) is 11.1. The van der Waals surface area contributed by atoms with Gasteiger partial charge in [-0.05, 0) is 98.9 Å². The van der Waals surface area contributed by atoms with Crippen molar-refractivity contribution in [3.63, 3.8) is 0 Å². The van der Waals surface area contributed by atoms with Crippen LogP contribution in [0.4, 0.5) is 0 Å². The number of ketones is 1. The average molecular weight is 494 g/mol. The van der Waals surface area contributed by atoms with Gasteiger partial charge >= 0.3 is 0 Å². The Morgan fingerprint density at radius 2 is 1.85 bits per heavy atom. The molecule has 0 aliphatic carbocycles. The highest BCUT2D eigenvalue weighted by atomic mass is 35.5. The van der Waals surface area contributed by atoms with Crippen molar-refractivity contribution < 1.29 is 14.6 Å². The largest absolute Gasteiger partial charge is 0.508 e. The Morgan fingerprint density at radius 3 is 2.59 bits per heavy atom. The maximum absolute atomic E-state index is 13.5. The highest BCUT2D eigenvalue weighted by Crippen LogP contribution is 2.43. The van der Waals surface area contributed by atoms with Crippen LogP contribution in [0.1, 0.15) is 46.1 Å². The maximum atomic E-state index is 13.5. The second kappa shape index (κ2) is 11.0. The molecule has 0 bridgehead atoms. The van der Waals surface area contributed by atoms with Gasteiger partial charge in [0, 0.05) is 20.7 Å². The number of unbranched alkanes of at least 4 members (excludes halogenated alkanes) is 1. The molecule has 0 unspecified atom stereocenters. The molecule has 0 saturated carbocycles. The number of aryl methyl sites for hydroxylation is 2. The van der Waals surface area contributed by atoms with Crippen LogP contribution < -0.4 is 10.1 Å². The number of halogens is 1. The molecular formula is C28H28ClNO3S. The highest BCUT2D eigenvalue weighted by molar-refractivity contribution is 7.21. The standard InChI is InChI=1S/C28H28ClNO3S/c1-3-30-15-5-4-6-19-7-11-22(12-8-19)33-27-24-14-10-21(31)17-25(24)34-28(27)26(32)23-13-9-20(29)16-18(23)2/h7-14,16-17,30-31H,3-6,15H2,1-2H3. The lowest BCUT2D eigenvalue weighted by atomic mass is 10.0. The molecule has 176 valence electrons. The molecule has 0 aliphatic heterocycles. The third kappa shape index (κ3) is 5.61. The van der Waals surface area contributed by atoms with Crippen LogP contribution in [0.2, 0.25) is 5.02 Å². The number of rotatable bonds is 10. The minimum atomic E-state index is -0.123. The van der Waals surface area contributed by atoms with E-state index in [1.54, 1.807) is 36.4 Å². The minimum Gasteiger partial charge on any atom is -0.508 e. The zero-order chi connectivity index (χ0) is 24.1. The van der Waals surface area contributed by atoms with Gasteiger partial charge in [0.2, 0.25) is 5.78 Å². The van der Waals surface area contributed by atoms with E-state index in [2.05, 4.69) is 24.4 Å². The summed E-state index contributed by atoms with van der Waals surface area (Å²) in [5.41, 5.74) is 2.65. The van der Waals surface area contributed by atoms with Gasteiger partial charge in [0.25, 0.3) is 0 Å². The lowest BCUT2D eigenvalue weighted by Gasteiger charge is -2.10. The summed E-state index contributed by atoms with van der Waals surface area (Å²) >= 11 is 7.41. The summed E-state index contributed by atoms with van der Waals surface area (Å²) in [7, 11) is 0. The van der Waals surface area contributed by atoms with Crippen molar-refractivity contribution in [1.82, 2.24) is 5.32 Å². The number of thiophene rings is 1. The summed E-state index contributed by atoms with van der Waals surface area (Å²) in [6.07, 6.45) is 3.30. The molecule has 2 N–H and O–H groups in total. The number of ether oxygens (including phenoxy) is 1. The van der Waals surface area contributed by atoms with Gasteiger partial charge in [-0.25, -0.2) is 0 Å². The van der Waals surface area contributed by atoms with Crippen molar-refractivity contribution in [1.29, 1.82) is 0 Å². The SMILES string of the molecule is CCNCCCCc1ccc(Oc2c(C(=O)c3ccc(Cl)cc3C)sc3cc(O)ccc23)cc1. The zero-order valence-electron chi connectivity index (χ0n) is 19.4. The Labute approximate surface area is 209 Å². The molecule has 3 aromatic carbocycles. The smallest absolute Gasteiger partial charge is 0.207 e. The third-order valence-corrected chi connectivity index (χ3v) is 7.10. The maximum Gasteiger partial charge on any atom is 0.207 e. The molecule has 6 heteroatoms. The van der Waals surface area contributed by atoms with Crippen molar-refractivity contribution in [3.8, 4) is 17.2 Å². The molecule has 1 heterocycles. The van der Waals surface area contributed by atoms with E-state index in [-0.39, 0.29) is 11.5 Å². The number of fused-ring (bicyclic) bond motifs is 1. The molecule has 4 aromatic rings. The van der Waals surface area contributed by atoms with E-state index in [0.717, 1.165) is 48.0 Å². The number of hydrogen-bond acceptors (Lipinski definition) is 5. The molecule has 0 spiro atoms. The fourth-order valence-electron chi connectivity index (χ4n) is 3.91. The average Bonchev–Trinajstić information content (AvgIpc) is 3.17. The molecule has 4 rings (SSSR count). The van der Waals surface area contributed by atoms with E-state index >= 15 is 0 Å². The Hall–Kier alpha value is -2.86. The third-order valence-electron chi connectivity index (χ3n) is 5.73. The topological polar surface area (TPSA) is 58.6 Å². The van der Waals surface area contributed by atoms with Gasteiger partial charge in [0.1, 0.15) is 16.4 Å². The van der Waals surface area contributed by atoms with Crippen LogP contribution in [0, 0.1) is 6.92 Å². The summed E-state index contributed by atoms with van der Waals surface area (Å²) in [6.45, 7) is 6.04. The van der Waals surface area contributed by atoms with Crippen molar-refractivity contribution in [2.45, 2.75) is 33.1 Å². The number of phenols is 1. The molecular weight excluding hydrogens is 466 g/mol. The molecule has 0 atom stereocenters. The Morgan fingerprint density at radius 1 is 1.06 bits per heavy atom. The zero-order valence-corrected chi connectivity index (χ0v) is 20.9. The molecule has 34 heavy (non-hydrogen) atoms. The number of carbonyl (C=O) groups is 1. The summed E-state index contributed by atoms with van der Waals surface area (Å²) in [5, 5.41) is 14.7. The van der Waals surface area contributed by atoms with Crippen LogP contribution in [0.3, 0.4) is 0 Å². The van der Waals surface area contributed by atoms with Gasteiger partial charge < -0.3 is 15.2 Å². The van der Waals surface area contributed by atoms with E-state index in [1.807, 2.05) is 19.1 Å². The van der Waals surface area contributed by atoms with Gasteiger partial charge in [-0.2, -0.15) is 0 Å². The van der Waals surface area contributed by atoms with Gasteiger partial charge in [-0.15, -0.1) is 11.3 Å². The second-order valence-corrected chi connectivity index (χ2v) is 9.77. The predicted octanol–water partition coefficient (Wildman–Crippen LogP) is 7.52. The first-order valence-electron chi connectivity index (χ1n) is 11.5. The molecule has 1 aromatic heterocycles. The van der Waals surface area contributed by atoms with E-state index in [0.29, 0.717) is 27.0 Å². The van der Waals surface area contributed by atoms with E-state index in [4.69, 9.17) is 16.3 Å². The van der Waals surface area contributed by atoms with Crippen LogP contribution in [-0.2, 0) is 6.42 Å². The van der Waals surface area contributed by atoms with Crippen molar-refractivity contribution in [2.75, 3.05) is 13.1 Å². The second-order valence-electron chi connectivity index (χ2n) is 8.29. The lowest BCUT2D eigenvalue weighted by Crippen LogP contribution is -2.13. The van der Waals surface area contributed by atoms with Crippen LogP contribution in [0.15, 0.2) is 60.7 Å². The van der Waals surface area contributed by atoms with Crippen molar-refractivity contribution in [3.05, 3.63) is 87.3 Å². The first kappa shape index (κ1) is 24.3. The van der Waals surface area contributed by atoms with Gasteiger partial charge in [-0.1, -0.05) is 30.7 Å². The molecule has 0 fully saturated rings. The molecule has 0 aliphatic rings. The summed E-state index contributed by atoms with van der Waals surface area (Å²) in [5.74, 6) is 1.21. The Balaban J connectivity index is 1.61. The fraction of sp³-hybridized carbons (Fsp3) is 0.250. The van der Waals surface area contributed by atoms with Crippen LogP contribution in [0.5, 0.6) is 17.2 Å². The van der Waals surface area contributed by atoms with Crippen LogP contribution >= 0.6 is 22.9 Å². The summed E-state index contributed by atoms with van der Waals surface area (Å²) in [4.78, 5) is 14.0. The highest BCUT2D eigenvalue weighted by Gasteiger charge is 2.23. The first-order chi connectivity index (χ1) is 16.5. The number of aromatic hydroxyl groups is 1. The van der Waals surface area contributed by atoms with Gasteiger partial charge in [0.15, 0.2) is 5.75 Å². The Bertz CT molecular complexity index is 1300. The quantitative estimate of drug-likeness (QED) is 0.177. The molecule has 0 saturated heterocycles. The van der Waals surface area contributed by atoms with Crippen LogP contribution in [0.25, 0.3) is 10.1 Å².